The average Bonchev–Trinajstić information content (AvgIpc) is 3.04. The summed E-state index contributed by atoms with van der Waals surface area (Å²) in [6.07, 6.45) is -0.713. The number of aromatic nitrogens is 3. The monoisotopic (exact) mass is 743 g/mol. The Bertz CT molecular complexity index is 2270. The van der Waals surface area contributed by atoms with Crippen molar-refractivity contribution in [1.82, 2.24) is 19.4 Å². The van der Waals surface area contributed by atoms with Gasteiger partial charge in [0.1, 0.15) is 23.1 Å². The maximum absolute atomic E-state index is 15.7. The molecule has 12 nitrogen and oxygen atoms in total. The number of carbonyl (C=O) groups is 1. The van der Waals surface area contributed by atoms with E-state index in [0.29, 0.717) is 11.6 Å². The van der Waals surface area contributed by atoms with Crippen LogP contribution in [0.4, 0.5) is 34.0 Å². The van der Waals surface area contributed by atoms with Crippen molar-refractivity contribution in [1.29, 1.82) is 5.26 Å². The van der Waals surface area contributed by atoms with Gasteiger partial charge in [-0.15, -0.1) is 0 Å². The van der Waals surface area contributed by atoms with Crippen LogP contribution in [-0.2, 0) is 20.5 Å². The number of nitriles is 1. The fraction of sp³-hybridized carbons (Fsp3) is 0.400. The van der Waals surface area contributed by atoms with E-state index in [2.05, 4.69) is 15.3 Å². The predicted octanol–water partition coefficient (Wildman–Crippen LogP) is 6.34. The molecule has 0 spiro atoms. The van der Waals surface area contributed by atoms with E-state index in [9.17, 15) is 27.7 Å². The van der Waals surface area contributed by atoms with E-state index in [0.717, 1.165) is 6.07 Å². The third-order valence-electron chi connectivity index (χ3n) is 8.11. The molecule has 3 heterocycles. The smallest absolute Gasteiger partial charge is 0.410 e. The van der Waals surface area contributed by atoms with Crippen LogP contribution in [0.15, 0.2) is 41.3 Å². The highest BCUT2D eigenvalue weighted by Crippen LogP contribution is 2.33. The van der Waals surface area contributed by atoms with Crippen LogP contribution in [0.5, 0.6) is 0 Å². The molecule has 5 rings (SSSR count). The largest absolute Gasteiger partial charge is 0.444 e. The Morgan fingerprint density at radius 1 is 1.12 bits per heavy atom. The Morgan fingerprint density at radius 3 is 2.48 bits per heavy atom. The van der Waals surface area contributed by atoms with Crippen molar-refractivity contribution in [3.05, 3.63) is 81.0 Å². The molecule has 52 heavy (non-hydrogen) atoms. The van der Waals surface area contributed by atoms with Crippen molar-refractivity contribution in [2.75, 3.05) is 23.1 Å². The van der Waals surface area contributed by atoms with Crippen molar-refractivity contribution in [2.24, 2.45) is 0 Å². The predicted molar refractivity (Wildman–Crippen MR) is 186 cm³/mol. The molecule has 2 atom stereocenters. The Balaban J connectivity index is 1.46. The number of likely N-dealkylation sites (tertiary alicyclic amines) is 1. The second kappa shape index (κ2) is 14.4. The maximum atomic E-state index is 15.7. The molecule has 1 amide bonds. The van der Waals surface area contributed by atoms with Gasteiger partial charge < -0.3 is 15.0 Å². The van der Waals surface area contributed by atoms with Crippen molar-refractivity contribution in [2.45, 2.75) is 77.6 Å². The number of fused-ring (bicyclic) bond motifs is 1. The van der Waals surface area contributed by atoms with Crippen LogP contribution >= 0.6 is 0 Å². The standard InChI is InChI=1S/C35H37F4N7O5S/c1-18(2)46-31-22(14-41-33(43-31)42-24-11-23(36)15-45(16-24)34(48)51-35(4,5)6)10-26(32(46)47)25-12-27(37)30(29(39)28(25)38)44-52(49,50)17-20-8-7-19(3)9-21(20)13-40/h7-10,12,14,18,23-24,44H,11,15-17H2,1-6H3,(H,41,42,43)/t23-,24-/m0/s1. The molecule has 4 aromatic rings. The molecule has 2 aromatic heterocycles. The molecule has 0 radical (unpaired) electrons. The van der Waals surface area contributed by atoms with Gasteiger partial charge in [-0.1, -0.05) is 12.1 Å². The number of anilines is 2. The summed E-state index contributed by atoms with van der Waals surface area (Å²) in [5, 5.41) is 12.6. The Labute approximate surface area is 297 Å². The van der Waals surface area contributed by atoms with E-state index in [-0.39, 0.29) is 47.6 Å². The van der Waals surface area contributed by atoms with Gasteiger partial charge >= 0.3 is 6.09 Å². The lowest BCUT2D eigenvalue weighted by atomic mass is 10.0. The second-order valence-electron chi connectivity index (χ2n) is 13.9. The summed E-state index contributed by atoms with van der Waals surface area (Å²) in [5.41, 5.74) is -3.27. The quantitative estimate of drug-likeness (QED) is 0.155. The first-order valence-corrected chi connectivity index (χ1v) is 17.9. The number of sulfonamides is 1. The lowest BCUT2D eigenvalue weighted by Gasteiger charge is -2.36. The molecule has 0 bridgehead atoms. The van der Waals surface area contributed by atoms with Crippen LogP contribution in [0.2, 0.25) is 0 Å². The molecule has 17 heteroatoms. The summed E-state index contributed by atoms with van der Waals surface area (Å²) in [6.45, 7) is 9.99. The number of rotatable bonds is 8. The van der Waals surface area contributed by atoms with Gasteiger partial charge in [0.2, 0.25) is 16.0 Å². The van der Waals surface area contributed by atoms with Gasteiger partial charge in [0.05, 0.1) is 29.5 Å². The number of hydrogen-bond acceptors (Lipinski definition) is 9. The third kappa shape index (κ3) is 8.28. The van der Waals surface area contributed by atoms with Crippen LogP contribution in [0.3, 0.4) is 0 Å². The lowest BCUT2D eigenvalue weighted by molar-refractivity contribution is 0.0124. The topological polar surface area (TPSA) is 159 Å². The number of piperidine rings is 1. The summed E-state index contributed by atoms with van der Waals surface area (Å²) in [6, 6.07) is 6.73. The van der Waals surface area contributed by atoms with Gasteiger partial charge in [-0.3, -0.25) is 14.1 Å². The fourth-order valence-electron chi connectivity index (χ4n) is 5.86. The summed E-state index contributed by atoms with van der Waals surface area (Å²) < 4.78 is 95.3. The number of pyridine rings is 1. The number of amides is 1. The van der Waals surface area contributed by atoms with E-state index >= 15 is 13.2 Å². The van der Waals surface area contributed by atoms with Gasteiger partial charge in [0.25, 0.3) is 5.56 Å². The summed E-state index contributed by atoms with van der Waals surface area (Å²) in [4.78, 5) is 36.4. The number of nitrogens with zero attached hydrogens (tertiary/aromatic N) is 5. The minimum atomic E-state index is -4.54. The fourth-order valence-corrected chi connectivity index (χ4v) is 7.09. The molecular weight excluding hydrogens is 706 g/mol. The average molecular weight is 744 g/mol. The van der Waals surface area contributed by atoms with Crippen molar-refractivity contribution in [3.63, 3.8) is 0 Å². The summed E-state index contributed by atoms with van der Waals surface area (Å²) in [7, 11) is -4.54. The molecule has 276 valence electrons. The van der Waals surface area contributed by atoms with Crippen molar-refractivity contribution >= 4 is 38.8 Å². The van der Waals surface area contributed by atoms with Gasteiger partial charge in [-0.05, 0) is 70.9 Å². The number of carbonyl (C=O) groups excluding carboxylic acids is 1. The number of nitrogens with one attached hydrogen (secondary N) is 2. The number of hydrogen-bond donors (Lipinski definition) is 2. The highest BCUT2D eigenvalue weighted by Gasteiger charge is 2.33. The summed E-state index contributed by atoms with van der Waals surface area (Å²) >= 11 is 0. The number of ether oxygens (including phenoxy) is 1. The molecule has 0 saturated carbocycles. The maximum Gasteiger partial charge on any atom is 0.410 e. The lowest BCUT2D eigenvalue weighted by Crippen LogP contribution is -2.51. The Morgan fingerprint density at radius 2 is 1.83 bits per heavy atom. The van der Waals surface area contributed by atoms with Crippen LogP contribution in [0, 0.1) is 35.7 Å². The van der Waals surface area contributed by atoms with Crippen LogP contribution in [-0.4, -0.2) is 64.9 Å². The molecular formula is C35H37F4N7O5S. The van der Waals surface area contributed by atoms with Gasteiger partial charge in [0.15, 0.2) is 17.5 Å². The molecule has 0 unspecified atom stereocenters. The normalized spacial score (nSPS) is 16.5. The molecule has 1 aliphatic rings. The zero-order chi connectivity index (χ0) is 38.3. The molecule has 2 N–H and O–H groups in total. The third-order valence-corrected chi connectivity index (χ3v) is 9.32. The van der Waals surface area contributed by atoms with Gasteiger partial charge in [-0.2, -0.15) is 10.2 Å². The number of alkyl halides is 1. The minimum Gasteiger partial charge on any atom is -0.444 e. The molecule has 1 fully saturated rings. The van der Waals surface area contributed by atoms with Crippen molar-refractivity contribution in [3.8, 4) is 17.2 Å². The highest BCUT2D eigenvalue weighted by atomic mass is 32.2. The zero-order valence-corrected chi connectivity index (χ0v) is 30.0. The molecule has 1 saturated heterocycles. The van der Waals surface area contributed by atoms with Crippen LogP contribution in [0.25, 0.3) is 22.2 Å². The van der Waals surface area contributed by atoms with E-state index in [4.69, 9.17) is 4.74 Å². The number of halogens is 4. The van der Waals surface area contributed by atoms with Crippen LogP contribution < -0.4 is 15.6 Å². The zero-order valence-electron chi connectivity index (χ0n) is 29.2. The molecule has 2 aromatic carbocycles. The van der Waals surface area contributed by atoms with E-state index in [1.807, 2.05) is 6.07 Å². The van der Waals surface area contributed by atoms with E-state index in [1.54, 1.807) is 52.3 Å². The first-order valence-electron chi connectivity index (χ1n) is 16.3. The Hall–Kier alpha value is -5.24. The SMILES string of the molecule is Cc1ccc(CS(=O)(=O)Nc2c(F)cc(-c3cc4cnc(N[C@H]5C[C@H](F)CN(C(=O)OC(C)(C)C)C5)nc4n(C(C)C)c3=O)c(F)c2F)c(C#N)c1. The summed E-state index contributed by atoms with van der Waals surface area (Å²) in [5.74, 6) is -5.88. The minimum absolute atomic E-state index is 0.00437. The first kappa shape index (κ1) is 38.0. The first-order chi connectivity index (χ1) is 24.3. The van der Waals surface area contributed by atoms with Crippen molar-refractivity contribution < 1.29 is 35.5 Å². The number of aryl methyl sites for hydroxylation is 1. The van der Waals surface area contributed by atoms with Gasteiger partial charge in [0, 0.05) is 42.2 Å². The molecule has 0 aliphatic carbocycles. The van der Waals surface area contributed by atoms with Gasteiger partial charge in [-0.25, -0.2) is 35.8 Å². The van der Waals surface area contributed by atoms with E-state index < -0.39 is 85.6 Å². The Kier molecular flexibility index (Phi) is 10.5. The number of benzene rings is 2. The highest BCUT2D eigenvalue weighted by molar-refractivity contribution is 7.91. The van der Waals surface area contributed by atoms with Crippen LogP contribution in [0.1, 0.15) is 63.8 Å². The second-order valence-corrected chi connectivity index (χ2v) is 15.6. The van der Waals surface area contributed by atoms with E-state index in [1.165, 1.54) is 27.8 Å². The molecule has 1 aliphatic heterocycles.